The van der Waals surface area contributed by atoms with Gasteiger partial charge < -0.3 is 9.73 Å². The predicted octanol–water partition coefficient (Wildman–Crippen LogP) is 3.13. The van der Waals surface area contributed by atoms with Crippen molar-refractivity contribution in [2.75, 3.05) is 5.32 Å². The van der Waals surface area contributed by atoms with E-state index >= 15 is 0 Å². The summed E-state index contributed by atoms with van der Waals surface area (Å²) in [4.78, 5) is 11.5. The van der Waals surface area contributed by atoms with Gasteiger partial charge in [0, 0.05) is 24.6 Å². The minimum absolute atomic E-state index is 0.215. The van der Waals surface area contributed by atoms with Gasteiger partial charge in [-0.25, -0.2) is 8.78 Å². The van der Waals surface area contributed by atoms with Crippen molar-refractivity contribution in [3.05, 3.63) is 54.0 Å². The fourth-order valence-electron chi connectivity index (χ4n) is 1.49. The van der Waals surface area contributed by atoms with Crippen LogP contribution in [0.4, 0.5) is 14.5 Å². The van der Waals surface area contributed by atoms with E-state index in [9.17, 15) is 13.6 Å². The second-order valence-electron chi connectivity index (χ2n) is 3.76. The van der Waals surface area contributed by atoms with Gasteiger partial charge in [0.05, 0.1) is 6.26 Å². The second kappa shape index (κ2) is 5.44. The molecule has 0 saturated carbocycles. The Kier molecular flexibility index (Phi) is 3.72. The van der Waals surface area contributed by atoms with Gasteiger partial charge in [0.2, 0.25) is 5.91 Å². The van der Waals surface area contributed by atoms with Crippen LogP contribution in [0, 0.1) is 11.6 Å². The predicted molar refractivity (Wildman–Crippen MR) is 62.0 cm³/mol. The Morgan fingerprint density at radius 1 is 1.22 bits per heavy atom. The number of halogens is 2. The highest BCUT2D eigenvalue weighted by Gasteiger charge is 2.07. The summed E-state index contributed by atoms with van der Waals surface area (Å²) in [6, 6.07) is 6.73. The van der Waals surface area contributed by atoms with Crippen molar-refractivity contribution >= 4 is 11.6 Å². The molecule has 0 aliphatic heterocycles. The van der Waals surface area contributed by atoms with Crippen molar-refractivity contribution < 1.29 is 18.0 Å². The van der Waals surface area contributed by atoms with Gasteiger partial charge in [0.15, 0.2) is 11.6 Å². The van der Waals surface area contributed by atoms with Crippen LogP contribution in [0.15, 0.2) is 41.0 Å². The monoisotopic (exact) mass is 251 g/mol. The van der Waals surface area contributed by atoms with Gasteiger partial charge in [0.25, 0.3) is 0 Å². The maximum Gasteiger partial charge on any atom is 0.224 e. The molecule has 0 fully saturated rings. The lowest BCUT2D eigenvalue weighted by atomic mass is 10.2. The van der Waals surface area contributed by atoms with E-state index in [1.54, 1.807) is 12.1 Å². The first-order valence-corrected chi connectivity index (χ1v) is 5.42. The normalized spacial score (nSPS) is 10.3. The molecular formula is C13H11F2NO2. The Labute approximate surface area is 102 Å². The molecule has 0 bridgehead atoms. The molecule has 0 saturated heterocycles. The highest BCUT2D eigenvalue weighted by atomic mass is 19.2. The first kappa shape index (κ1) is 12.3. The minimum atomic E-state index is -0.987. The van der Waals surface area contributed by atoms with Crippen molar-refractivity contribution in [1.82, 2.24) is 0 Å². The first-order valence-electron chi connectivity index (χ1n) is 5.42. The molecule has 1 aromatic carbocycles. The summed E-state index contributed by atoms with van der Waals surface area (Å²) < 4.78 is 30.6. The number of amides is 1. The largest absolute Gasteiger partial charge is 0.469 e. The Balaban J connectivity index is 1.88. The Bertz CT molecular complexity index is 538. The van der Waals surface area contributed by atoms with Gasteiger partial charge in [-0.05, 0) is 24.3 Å². The van der Waals surface area contributed by atoms with Crippen LogP contribution in [0.3, 0.4) is 0 Å². The number of carbonyl (C=O) groups is 1. The molecule has 0 aliphatic rings. The van der Waals surface area contributed by atoms with Crippen LogP contribution in [0.1, 0.15) is 12.2 Å². The maximum absolute atomic E-state index is 12.9. The smallest absolute Gasteiger partial charge is 0.224 e. The highest BCUT2D eigenvalue weighted by Crippen LogP contribution is 2.13. The zero-order valence-electron chi connectivity index (χ0n) is 9.45. The van der Waals surface area contributed by atoms with Crippen molar-refractivity contribution in [3.63, 3.8) is 0 Å². The summed E-state index contributed by atoms with van der Waals surface area (Å²) in [7, 11) is 0. The lowest BCUT2D eigenvalue weighted by molar-refractivity contribution is -0.116. The summed E-state index contributed by atoms with van der Waals surface area (Å²) in [5.74, 6) is -1.50. The Morgan fingerprint density at radius 3 is 2.72 bits per heavy atom. The van der Waals surface area contributed by atoms with Gasteiger partial charge >= 0.3 is 0 Å². The third-order valence-electron chi connectivity index (χ3n) is 2.38. The molecule has 0 aliphatic carbocycles. The molecule has 0 atom stereocenters. The van der Waals surface area contributed by atoms with E-state index in [4.69, 9.17) is 4.42 Å². The summed E-state index contributed by atoms with van der Waals surface area (Å²) in [6.07, 6.45) is 2.21. The van der Waals surface area contributed by atoms with E-state index < -0.39 is 11.6 Å². The van der Waals surface area contributed by atoms with Crippen molar-refractivity contribution in [3.8, 4) is 0 Å². The van der Waals surface area contributed by atoms with E-state index in [0.29, 0.717) is 12.2 Å². The Hall–Kier alpha value is -2.17. The Morgan fingerprint density at radius 2 is 2.06 bits per heavy atom. The summed E-state index contributed by atoms with van der Waals surface area (Å²) in [5, 5.41) is 2.49. The number of hydrogen-bond acceptors (Lipinski definition) is 2. The number of nitrogens with one attached hydrogen (secondary N) is 1. The van der Waals surface area contributed by atoms with Crippen LogP contribution in [0.25, 0.3) is 0 Å². The molecule has 5 heteroatoms. The van der Waals surface area contributed by atoms with Gasteiger partial charge in [-0.15, -0.1) is 0 Å². The zero-order valence-corrected chi connectivity index (χ0v) is 9.45. The van der Waals surface area contributed by atoms with E-state index in [-0.39, 0.29) is 18.0 Å². The number of aryl methyl sites for hydroxylation is 1. The standard InChI is InChI=1S/C13H11F2NO2/c14-11-5-3-9(8-12(11)15)16-13(17)6-4-10-2-1-7-18-10/h1-3,5,7-8H,4,6H2,(H,16,17). The quantitative estimate of drug-likeness (QED) is 0.907. The summed E-state index contributed by atoms with van der Waals surface area (Å²) in [6.45, 7) is 0. The van der Waals surface area contributed by atoms with E-state index in [1.165, 1.54) is 12.3 Å². The molecule has 94 valence electrons. The van der Waals surface area contributed by atoms with Crippen molar-refractivity contribution in [1.29, 1.82) is 0 Å². The van der Waals surface area contributed by atoms with Crippen LogP contribution >= 0.6 is 0 Å². The minimum Gasteiger partial charge on any atom is -0.469 e. The van der Waals surface area contributed by atoms with Crippen molar-refractivity contribution in [2.45, 2.75) is 12.8 Å². The number of rotatable bonds is 4. The lowest BCUT2D eigenvalue weighted by Crippen LogP contribution is -2.12. The van der Waals surface area contributed by atoms with E-state index in [1.807, 2.05) is 0 Å². The molecule has 0 spiro atoms. The number of anilines is 1. The number of carbonyl (C=O) groups excluding carboxylic acids is 1. The first-order chi connectivity index (χ1) is 8.65. The zero-order chi connectivity index (χ0) is 13.0. The molecule has 1 aromatic heterocycles. The lowest BCUT2D eigenvalue weighted by Gasteiger charge is -2.04. The van der Waals surface area contributed by atoms with Crippen LogP contribution in [0.2, 0.25) is 0 Å². The molecular weight excluding hydrogens is 240 g/mol. The molecule has 1 N–H and O–H groups in total. The van der Waals surface area contributed by atoms with Gasteiger partial charge in [0.1, 0.15) is 5.76 Å². The molecule has 18 heavy (non-hydrogen) atoms. The SMILES string of the molecule is O=C(CCc1ccco1)Nc1ccc(F)c(F)c1. The molecule has 0 radical (unpaired) electrons. The van der Waals surface area contributed by atoms with E-state index in [0.717, 1.165) is 12.1 Å². The third kappa shape index (κ3) is 3.16. The average molecular weight is 251 g/mol. The molecule has 3 nitrogen and oxygen atoms in total. The molecule has 0 unspecified atom stereocenters. The van der Waals surface area contributed by atoms with Crippen LogP contribution in [-0.4, -0.2) is 5.91 Å². The molecule has 1 heterocycles. The van der Waals surface area contributed by atoms with Crippen LogP contribution in [-0.2, 0) is 11.2 Å². The van der Waals surface area contributed by atoms with Crippen LogP contribution in [0.5, 0.6) is 0 Å². The fraction of sp³-hybridized carbons (Fsp3) is 0.154. The maximum atomic E-state index is 12.9. The highest BCUT2D eigenvalue weighted by molar-refractivity contribution is 5.90. The number of hydrogen-bond donors (Lipinski definition) is 1. The molecule has 1 amide bonds. The summed E-state index contributed by atoms with van der Waals surface area (Å²) in [5.41, 5.74) is 0.235. The number of benzene rings is 1. The second-order valence-corrected chi connectivity index (χ2v) is 3.76. The van der Waals surface area contributed by atoms with Gasteiger partial charge in [-0.1, -0.05) is 0 Å². The van der Waals surface area contributed by atoms with E-state index in [2.05, 4.69) is 5.32 Å². The summed E-state index contributed by atoms with van der Waals surface area (Å²) >= 11 is 0. The van der Waals surface area contributed by atoms with Gasteiger partial charge in [-0.2, -0.15) is 0 Å². The van der Waals surface area contributed by atoms with Gasteiger partial charge in [-0.3, -0.25) is 4.79 Å². The third-order valence-corrected chi connectivity index (χ3v) is 2.38. The molecule has 2 rings (SSSR count). The topological polar surface area (TPSA) is 42.2 Å². The molecule has 2 aromatic rings. The fourth-order valence-corrected chi connectivity index (χ4v) is 1.49. The van der Waals surface area contributed by atoms with Crippen LogP contribution < -0.4 is 5.32 Å². The van der Waals surface area contributed by atoms with Crippen molar-refractivity contribution in [2.24, 2.45) is 0 Å². The average Bonchev–Trinajstić information content (AvgIpc) is 2.84. The number of furan rings is 1.